The van der Waals surface area contributed by atoms with E-state index in [1.54, 1.807) is 17.9 Å². The Morgan fingerprint density at radius 2 is 2.17 bits per heavy atom. The van der Waals surface area contributed by atoms with Gasteiger partial charge in [-0.1, -0.05) is 6.92 Å². The Morgan fingerprint density at radius 3 is 2.75 bits per heavy atom. The van der Waals surface area contributed by atoms with Crippen LogP contribution < -0.4 is 10.2 Å². The third-order valence-electron chi connectivity index (χ3n) is 4.17. The standard InChI is InChI=1S/C18H21N3O3/c1-4-15-19-12(3)17(24-15)18(23)20-13-7-8-14(11(2)10-13)21-9-5-6-16(21)22/h7-8,10H,4-6,9H2,1-3H3,(H,20,23). The Morgan fingerprint density at radius 1 is 1.38 bits per heavy atom. The number of aryl methyl sites for hydroxylation is 3. The van der Waals surface area contributed by atoms with Gasteiger partial charge in [0.2, 0.25) is 11.7 Å². The molecule has 1 aliphatic rings. The van der Waals surface area contributed by atoms with Crippen LogP contribution in [0.5, 0.6) is 0 Å². The van der Waals surface area contributed by atoms with Crippen LogP contribution in [0.2, 0.25) is 0 Å². The van der Waals surface area contributed by atoms with Gasteiger partial charge in [-0.2, -0.15) is 0 Å². The number of rotatable bonds is 4. The molecule has 0 unspecified atom stereocenters. The maximum Gasteiger partial charge on any atom is 0.293 e. The predicted molar refractivity (Wildman–Crippen MR) is 91.3 cm³/mol. The second-order valence-electron chi connectivity index (χ2n) is 5.98. The second kappa shape index (κ2) is 6.47. The molecule has 2 heterocycles. The van der Waals surface area contributed by atoms with Crippen LogP contribution in [-0.2, 0) is 11.2 Å². The summed E-state index contributed by atoms with van der Waals surface area (Å²) in [6, 6.07) is 5.54. The zero-order valence-electron chi connectivity index (χ0n) is 14.2. The maximum atomic E-state index is 12.4. The topological polar surface area (TPSA) is 75.4 Å². The number of oxazole rings is 1. The number of aromatic nitrogens is 1. The zero-order chi connectivity index (χ0) is 17.3. The summed E-state index contributed by atoms with van der Waals surface area (Å²) >= 11 is 0. The van der Waals surface area contributed by atoms with Crippen LogP contribution in [-0.4, -0.2) is 23.3 Å². The van der Waals surface area contributed by atoms with Crippen LogP contribution in [0.25, 0.3) is 0 Å². The van der Waals surface area contributed by atoms with Gasteiger partial charge in [-0.15, -0.1) is 0 Å². The minimum atomic E-state index is -0.316. The van der Waals surface area contributed by atoms with E-state index in [4.69, 9.17) is 4.42 Å². The average molecular weight is 327 g/mol. The number of carbonyl (C=O) groups is 2. The summed E-state index contributed by atoms with van der Waals surface area (Å²) in [4.78, 5) is 30.3. The molecule has 0 saturated carbocycles. The number of hydrogen-bond acceptors (Lipinski definition) is 4. The van der Waals surface area contributed by atoms with Gasteiger partial charge in [0, 0.05) is 30.8 Å². The van der Waals surface area contributed by atoms with Crippen molar-refractivity contribution < 1.29 is 14.0 Å². The first-order valence-electron chi connectivity index (χ1n) is 8.18. The minimum Gasteiger partial charge on any atom is -0.435 e. The molecule has 24 heavy (non-hydrogen) atoms. The summed E-state index contributed by atoms with van der Waals surface area (Å²) in [5, 5.41) is 2.83. The molecule has 1 aromatic heterocycles. The quantitative estimate of drug-likeness (QED) is 0.935. The Bertz CT molecular complexity index is 795. The van der Waals surface area contributed by atoms with Crippen molar-refractivity contribution >= 4 is 23.2 Å². The number of anilines is 2. The SMILES string of the molecule is CCc1nc(C)c(C(=O)Nc2ccc(N3CCCC3=O)c(C)c2)o1. The molecule has 1 aromatic carbocycles. The predicted octanol–water partition coefficient (Wildman–Crippen LogP) is 3.23. The Kier molecular flexibility index (Phi) is 4.38. The van der Waals surface area contributed by atoms with Gasteiger partial charge in [0.1, 0.15) is 0 Å². The Labute approximate surface area is 140 Å². The molecule has 3 rings (SSSR count). The molecule has 0 atom stereocenters. The highest BCUT2D eigenvalue weighted by molar-refractivity contribution is 6.03. The molecule has 126 valence electrons. The summed E-state index contributed by atoms with van der Waals surface area (Å²) in [5.41, 5.74) is 3.10. The van der Waals surface area contributed by atoms with Crippen LogP contribution in [0.3, 0.4) is 0 Å². The largest absolute Gasteiger partial charge is 0.435 e. The third-order valence-corrected chi connectivity index (χ3v) is 4.17. The van der Waals surface area contributed by atoms with Gasteiger partial charge in [-0.25, -0.2) is 4.98 Å². The molecule has 6 nitrogen and oxygen atoms in total. The molecule has 0 bridgehead atoms. The first kappa shape index (κ1) is 16.2. The van der Waals surface area contributed by atoms with Crippen LogP contribution in [0.15, 0.2) is 22.6 Å². The third kappa shape index (κ3) is 3.04. The zero-order valence-corrected chi connectivity index (χ0v) is 14.2. The molecule has 0 radical (unpaired) electrons. The van der Waals surface area contributed by atoms with Crippen molar-refractivity contribution in [3.63, 3.8) is 0 Å². The van der Waals surface area contributed by atoms with Crippen LogP contribution >= 0.6 is 0 Å². The lowest BCUT2D eigenvalue weighted by Gasteiger charge is -2.19. The molecule has 2 amide bonds. The fraction of sp³-hybridized carbons (Fsp3) is 0.389. The van der Waals surface area contributed by atoms with Crippen molar-refractivity contribution in [2.45, 2.75) is 40.0 Å². The van der Waals surface area contributed by atoms with E-state index < -0.39 is 0 Å². The molecule has 0 spiro atoms. The monoisotopic (exact) mass is 327 g/mol. The number of nitrogens with zero attached hydrogens (tertiary/aromatic N) is 2. The molecule has 2 aromatic rings. The molecule has 1 saturated heterocycles. The summed E-state index contributed by atoms with van der Waals surface area (Å²) < 4.78 is 5.47. The highest BCUT2D eigenvalue weighted by Gasteiger charge is 2.23. The van der Waals surface area contributed by atoms with Crippen LogP contribution in [0, 0.1) is 13.8 Å². The van der Waals surface area contributed by atoms with Gasteiger partial charge >= 0.3 is 0 Å². The number of nitrogens with one attached hydrogen (secondary N) is 1. The van der Waals surface area contributed by atoms with E-state index in [1.807, 2.05) is 26.0 Å². The van der Waals surface area contributed by atoms with Gasteiger partial charge in [-0.05, 0) is 44.0 Å². The normalized spacial score (nSPS) is 14.3. The van der Waals surface area contributed by atoms with Gasteiger partial charge in [0.05, 0.1) is 5.69 Å². The smallest absolute Gasteiger partial charge is 0.293 e. The second-order valence-corrected chi connectivity index (χ2v) is 5.98. The molecular weight excluding hydrogens is 306 g/mol. The number of hydrogen-bond donors (Lipinski definition) is 1. The van der Waals surface area contributed by atoms with E-state index in [-0.39, 0.29) is 17.6 Å². The molecule has 1 N–H and O–H groups in total. The molecule has 0 aliphatic carbocycles. The van der Waals surface area contributed by atoms with Crippen LogP contribution in [0.4, 0.5) is 11.4 Å². The van der Waals surface area contributed by atoms with E-state index in [9.17, 15) is 9.59 Å². The van der Waals surface area contributed by atoms with Crippen molar-refractivity contribution in [1.82, 2.24) is 4.98 Å². The van der Waals surface area contributed by atoms with Crippen LogP contribution in [0.1, 0.15) is 47.5 Å². The highest BCUT2D eigenvalue weighted by Crippen LogP contribution is 2.27. The maximum absolute atomic E-state index is 12.4. The molecule has 1 fully saturated rings. The Hall–Kier alpha value is -2.63. The summed E-state index contributed by atoms with van der Waals surface area (Å²) in [5.74, 6) is 0.628. The fourth-order valence-electron chi connectivity index (χ4n) is 2.94. The first-order valence-corrected chi connectivity index (χ1v) is 8.18. The van der Waals surface area contributed by atoms with Gasteiger partial charge in [-0.3, -0.25) is 9.59 Å². The van der Waals surface area contributed by atoms with E-state index in [0.717, 1.165) is 24.2 Å². The van der Waals surface area contributed by atoms with E-state index in [2.05, 4.69) is 10.3 Å². The summed E-state index contributed by atoms with van der Waals surface area (Å²) in [7, 11) is 0. The highest BCUT2D eigenvalue weighted by atomic mass is 16.4. The van der Waals surface area contributed by atoms with Crippen molar-refractivity contribution in [3.8, 4) is 0 Å². The van der Waals surface area contributed by atoms with Crippen molar-refractivity contribution in [2.75, 3.05) is 16.8 Å². The van der Waals surface area contributed by atoms with Gasteiger partial charge in [0.25, 0.3) is 5.91 Å². The number of benzene rings is 1. The summed E-state index contributed by atoms with van der Waals surface area (Å²) in [6.45, 7) is 6.37. The molecule has 6 heteroatoms. The minimum absolute atomic E-state index is 0.152. The van der Waals surface area contributed by atoms with Gasteiger partial charge in [0.15, 0.2) is 5.89 Å². The van der Waals surface area contributed by atoms with Crippen molar-refractivity contribution in [1.29, 1.82) is 0 Å². The lowest BCUT2D eigenvalue weighted by molar-refractivity contribution is -0.117. The first-order chi connectivity index (χ1) is 11.5. The summed E-state index contributed by atoms with van der Waals surface area (Å²) in [6.07, 6.45) is 2.13. The van der Waals surface area contributed by atoms with Gasteiger partial charge < -0.3 is 14.6 Å². The Balaban J connectivity index is 1.78. The van der Waals surface area contributed by atoms with E-state index in [1.165, 1.54) is 0 Å². The fourth-order valence-corrected chi connectivity index (χ4v) is 2.94. The van der Waals surface area contributed by atoms with E-state index in [0.29, 0.717) is 30.1 Å². The lowest BCUT2D eigenvalue weighted by atomic mass is 10.1. The number of carbonyl (C=O) groups excluding carboxylic acids is 2. The molecular formula is C18H21N3O3. The lowest BCUT2D eigenvalue weighted by Crippen LogP contribution is -2.24. The average Bonchev–Trinajstić information content (AvgIpc) is 3.13. The van der Waals surface area contributed by atoms with Crippen molar-refractivity contribution in [3.05, 3.63) is 41.1 Å². The van der Waals surface area contributed by atoms with Crippen molar-refractivity contribution in [2.24, 2.45) is 0 Å². The molecule has 1 aliphatic heterocycles. The number of amides is 2. The van der Waals surface area contributed by atoms with E-state index >= 15 is 0 Å².